The summed E-state index contributed by atoms with van der Waals surface area (Å²) in [6, 6.07) is 3.70. The number of furan rings is 1. The second-order valence-electron chi connectivity index (χ2n) is 5.36. The Bertz CT molecular complexity index is 885. The highest BCUT2D eigenvalue weighted by molar-refractivity contribution is 5.82. The van der Waals surface area contributed by atoms with Crippen LogP contribution in [0.4, 0.5) is 0 Å². The molecule has 1 amide bonds. The fourth-order valence-electron chi connectivity index (χ4n) is 2.61. The van der Waals surface area contributed by atoms with E-state index in [1.54, 1.807) is 22.8 Å². The molecule has 1 aliphatic rings. The zero-order valence-electron chi connectivity index (χ0n) is 11.3. The maximum absolute atomic E-state index is 12.4. The van der Waals surface area contributed by atoms with Crippen LogP contribution in [-0.4, -0.2) is 26.1 Å². The molecule has 3 heterocycles. The molecule has 108 valence electrons. The third-order valence-electron chi connectivity index (χ3n) is 3.98. The van der Waals surface area contributed by atoms with Crippen molar-refractivity contribution in [3.8, 4) is 0 Å². The van der Waals surface area contributed by atoms with Gasteiger partial charge in [0.15, 0.2) is 5.58 Å². The molecule has 0 saturated heterocycles. The molecule has 4 rings (SSSR count). The molecule has 21 heavy (non-hydrogen) atoms. The van der Waals surface area contributed by atoms with Gasteiger partial charge in [0, 0.05) is 18.2 Å². The van der Waals surface area contributed by atoms with Crippen molar-refractivity contribution in [3.63, 3.8) is 0 Å². The average Bonchev–Trinajstić information content (AvgIpc) is 2.98. The number of carbonyl (C=O) groups excluding carboxylic acids is 1. The maximum Gasteiger partial charge on any atom is 0.291 e. The van der Waals surface area contributed by atoms with Gasteiger partial charge in [0.1, 0.15) is 18.4 Å². The summed E-state index contributed by atoms with van der Waals surface area (Å²) in [5.74, 6) is -0.172. The molecule has 0 unspecified atom stereocenters. The highest BCUT2D eigenvalue weighted by Gasteiger charge is 2.20. The van der Waals surface area contributed by atoms with Crippen molar-refractivity contribution < 1.29 is 9.21 Å². The van der Waals surface area contributed by atoms with Crippen molar-refractivity contribution in [2.24, 2.45) is 0 Å². The summed E-state index contributed by atoms with van der Waals surface area (Å²) in [5, 5.41) is 6.96. The van der Waals surface area contributed by atoms with Gasteiger partial charge in [-0.25, -0.2) is 4.68 Å². The largest absolute Gasteiger partial charge is 0.463 e. The predicted molar refractivity (Wildman–Crippen MR) is 75.0 cm³/mol. The van der Waals surface area contributed by atoms with Gasteiger partial charge in [-0.2, -0.15) is 5.10 Å². The van der Waals surface area contributed by atoms with Crippen LogP contribution in [0.25, 0.3) is 16.6 Å². The van der Waals surface area contributed by atoms with E-state index in [0.717, 1.165) is 24.8 Å². The highest BCUT2D eigenvalue weighted by atomic mass is 16.3. The van der Waals surface area contributed by atoms with Crippen LogP contribution in [0.15, 0.2) is 33.9 Å². The third kappa shape index (κ3) is 1.93. The van der Waals surface area contributed by atoms with Crippen LogP contribution in [0.3, 0.4) is 0 Å². The summed E-state index contributed by atoms with van der Waals surface area (Å²) in [7, 11) is 0. The van der Waals surface area contributed by atoms with E-state index in [2.05, 4.69) is 10.4 Å². The van der Waals surface area contributed by atoms with E-state index in [4.69, 9.17) is 4.42 Å². The summed E-state index contributed by atoms with van der Waals surface area (Å²) in [4.78, 5) is 24.2. The molecule has 1 aliphatic carbocycles. The van der Waals surface area contributed by atoms with Gasteiger partial charge in [-0.05, 0) is 19.3 Å². The monoisotopic (exact) mass is 286 g/mol. The molecule has 0 atom stereocenters. The fraction of sp³-hybridized carbons (Fsp3) is 0.357. The van der Waals surface area contributed by atoms with Crippen molar-refractivity contribution in [1.82, 2.24) is 19.5 Å². The van der Waals surface area contributed by atoms with Crippen molar-refractivity contribution in [2.45, 2.75) is 31.8 Å². The minimum Gasteiger partial charge on any atom is -0.463 e. The molecule has 7 heteroatoms. The number of carbonyl (C=O) groups is 1. The molecule has 0 aromatic carbocycles. The Morgan fingerprint density at radius 3 is 3.05 bits per heavy atom. The number of nitrogens with one attached hydrogen (secondary N) is 1. The minimum atomic E-state index is -0.298. The zero-order chi connectivity index (χ0) is 14.4. The Hall–Kier alpha value is -2.57. The van der Waals surface area contributed by atoms with Crippen molar-refractivity contribution >= 4 is 22.5 Å². The number of hydrogen-bond donors (Lipinski definition) is 1. The quantitative estimate of drug-likeness (QED) is 0.776. The molecular weight excluding hydrogens is 272 g/mol. The van der Waals surface area contributed by atoms with Crippen molar-refractivity contribution in [3.05, 3.63) is 35.1 Å². The van der Waals surface area contributed by atoms with E-state index in [1.807, 2.05) is 0 Å². The summed E-state index contributed by atoms with van der Waals surface area (Å²) in [6.07, 6.45) is 6.28. The van der Waals surface area contributed by atoms with Crippen LogP contribution in [0.5, 0.6) is 0 Å². The Kier molecular flexibility index (Phi) is 2.60. The number of amides is 1. The Balaban J connectivity index is 1.67. The van der Waals surface area contributed by atoms with E-state index >= 15 is 0 Å². The van der Waals surface area contributed by atoms with Crippen LogP contribution in [-0.2, 0) is 11.3 Å². The predicted octanol–water partition coefficient (Wildman–Crippen LogP) is 0.911. The van der Waals surface area contributed by atoms with E-state index in [0.29, 0.717) is 11.1 Å². The maximum atomic E-state index is 12.4. The summed E-state index contributed by atoms with van der Waals surface area (Å²) in [5.41, 5.74) is 1.58. The number of fused-ring (bicyclic) bond motifs is 3. The minimum absolute atomic E-state index is 0.0572. The third-order valence-corrected chi connectivity index (χ3v) is 3.98. The summed E-state index contributed by atoms with van der Waals surface area (Å²) in [6.45, 7) is -0.0572. The lowest BCUT2D eigenvalue weighted by Gasteiger charge is -2.26. The number of nitrogens with zero attached hydrogens (tertiary/aromatic N) is 3. The Labute approximate surface area is 119 Å². The molecule has 1 N–H and O–H groups in total. The van der Waals surface area contributed by atoms with E-state index in [-0.39, 0.29) is 24.1 Å². The molecule has 0 spiro atoms. The molecule has 0 radical (unpaired) electrons. The van der Waals surface area contributed by atoms with Crippen molar-refractivity contribution in [2.75, 3.05) is 0 Å². The standard InChI is InChI=1S/C14H14N4O3/c19-13(16-9-2-1-3-9)7-18-14(20)11-6-12-10(4-5-21-12)17(11)8-15-18/h4-6,8-9H,1-3,7H2,(H,16,19). The molecule has 3 aromatic rings. The second kappa shape index (κ2) is 4.47. The van der Waals surface area contributed by atoms with Crippen LogP contribution in [0.1, 0.15) is 19.3 Å². The van der Waals surface area contributed by atoms with E-state index < -0.39 is 0 Å². The zero-order valence-corrected chi connectivity index (χ0v) is 11.3. The normalized spacial score (nSPS) is 15.4. The lowest BCUT2D eigenvalue weighted by Crippen LogP contribution is -2.42. The summed E-state index contributed by atoms with van der Waals surface area (Å²) < 4.78 is 8.13. The first-order valence-corrected chi connectivity index (χ1v) is 6.96. The molecule has 0 bridgehead atoms. The Morgan fingerprint density at radius 2 is 2.29 bits per heavy atom. The van der Waals surface area contributed by atoms with Crippen LogP contribution >= 0.6 is 0 Å². The van der Waals surface area contributed by atoms with Gasteiger partial charge in [-0.3, -0.25) is 14.0 Å². The fourth-order valence-corrected chi connectivity index (χ4v) is 2.61. The molecule has 1 fully saturated rings. The number of hydrogen-bond acceptors (Lipinski definition) is 4. The molecule has 7 nitrogen and oxygen atoms in total. The first-order valence-electron chi connectivity index (χ1n) is 6.96. The van der Waals surface area contributed by atoms with Gasteiger partial charge < -0.3 is 9.73 Å². The SMILES string of the molecule is O=C(Cn1ncn2c(cc3occc32)c1=O)NC1CCC1. The van der Waals surface area contributed by atoms with Gasteiger partial charge >= 0.3 is 0 Å². The lowest BCUT2D eigenvalue weighted by molar-refractivity contribution is -0.123. The smallest absolute Gasteiger partial charge is 0.291 e. The topological polar surface area (TPSA) is 81.5 Å². The first kappa shape index (κ1) is 12.2. The van der Waals surface area contributed by atoms with Gasteiger partial charge in [-0.1, -0.05) is 0 Å². The lowest BCUT2D eigenvalue weighted by atomic mass is 9.93. The van der Waals surface area contributed by atoms with Crippen LogP contribution in [0, 0.1) is 0 Å². The molecule has 3 aromatic heterocycles. The van der Waals surface area contributed by atoms with Gasteiger partial charge in [0.25, 0.3) is 5.56 Å². The number of rotatable bonds is 3. The van der Waals surface area contributed by atoms with Crippen LogP contribution < -0.4 is 10.9 Å². The molecule has 1 saturated carbocycles. The van der Waals surface area contributed by atoms with Gasteiger partial charge in [0.2, 0.25) is 5.91 Å². The molecule has 0 aliphatic heterocycles. The van der Waals surface area contributed by atoms with E-state index in [1.165, 1.54) is 11.0 Å². The van der Waals surface area contributed by atoms with Crippen molar-refractivity contribution in [1.29, 1.82) is 0 Å². The average molecular weight is 286 g/mol. The van der Waals surface area contributed by atoms with Crippen LogP contribution in [0.2, 0.25) is 0 Å². The Morgan fingerprint density at radius 1 is 1.43 bits per heavy atom. The first-order chi connectivity index (χ1) is 10.2. The molecular formula is C14H14N4O3. The highest BCUT2D eigenvalue weighted by Crippen LogP contribution is 2.19. The van der Waals surface area contributed by atoms with E-state index in [9.17, 15) is 9.59 Å². The van der Waals surface area contributed by atoms with Gasteiger partial charge in [0.05, 0.1) is 11.8 Å². The van der Waals surface area contributed by atoms with Gasteiger partial charge in [-0.15, -0.1) is 0 Å². The second-order valence-corrected chi connectivity index (χ2v) is 5.36. The number of aromatic nitrogens is 3. The summed E-state index contributed by atoms with van der Waals surface area (Å²) >= 11 is 0.